The first-order valence-electron chi connectivity index (χ1n) is 12.2. The van der Waals surface area contributed by atoms with Gasteiger partial charge in [-0.15, -0.1) is 0 Å². The van der Waals surface area contributed by atoms with Crippen LogP contribution in [0.3, 0.4) is 0 Å². The van der Waals surface area contributed by atoms with Crippen molar-refractivity contribution in [3.63, 3.8) is 0 Å². The van der Waals surface area contributed by atoms with Gasteiger partial charge in [0.25, 0.3) is 5.91 Å². The lowest BCUT2D eigenvalue weighted by atomic mass is 9.92. The second-order valence-corrected chi connectivity index (χ2v) is 10.3. The van der Waals surface area contributed by atoms with E-state index >= 15 is 0 Å². The number of aromatic nitrogens is 2. The number of rotatable bonds is 11. The molecule has 1 N–H and O–H groups in total. The van der Waals surface area contributed by atoms with Gasteiger partial charge in [0.05, 0.1) is 11.4 Å². The first kappa shape index (κ1) is 28.2. The maximum absolute atomic E-state index is 13.1. The standard InChI is InChI=1S/C28H35ClN4O4/c1-20-7-11-22(12-8-20)33-25(17-24(31-33)28(2,3)4)30-26(34)18-32(15-6-16-36-5)27(35)19-37-23-13-9-21(29)10-14-23/h7-14,17H,6,15-16,18-19H2,1-5H3,(H,30,34). The number of amides is 2. The molecule has 8 nitrogen and oxygen atoms in total. The molecule has 0 aliphatic heterocycles. The second kappa shape index (κ2) is 12.7. The van der Waals surface area contributed by atoms with Crippen molar-refractivity contribution in [2.75, 3.05) is 38.7 Å². The van der Waals surface area contributed by atoms with Gasteiger partial charge in [0.15, 0.2) is 6.61 Å². The third kappa shape index (κ3) is 8.33. The summed E-state index contributed by atoms with van der Waals surface area (Å²) in [5.41, 5.74) is 2.59. The van der Waals surface area contributed by atoms with Crippen molar-refractivity contribution in [3.8, 4) is 11.4 Å². The third-order valence-corrected chi connectivity index (χ3v) is 5.92. The molecule has 0 saturated carbocycles. The van der Waals surface area contributed by atoms with Crippen LogP contribution in [0, 0.1) is 6.92 Å². The van der Waals surface area contributed by atoms with E-state index in [0.29, 0.717) is 36.2 Å². The number of hydrogen-bond acceptors (Lipinski definition) is 5. The van der Waals surface area contributed by atoms with Crippen molar-refractivity contribution in [3.05, 3.63) is 70.9 Å². The van der Waals surface area contributed by atoms with Crippen LogP contribution in [0.4, 0.5) is 5.82 Å². The molecule has 0 spiro atoms. The zero-order valence-electron chi connectivity index (χ0n) is 22.1. The highest BCUT2D eigenvalue weighted by Crippen LogP contribution is 2.26. The molecule has 0 fully saturated rings. The first-order chi connectivity index (χ1) is 17.6. The Morgan fingerprint density at radius 3 is 2.38 bits per heavy atom. The molecule has 0 bridgehead atoms. The van der Waals surface area contributed by atoms with Crippen molar-refractivity contribution < 1.29 is 19.1 Å². The Balaban J connectivity index is 1.74. The van der Waals surface area contributed by atoms with Gasteiger partial charge in [0, 0.05) is 36.8 Å². The Morgan fingerprint density at radius 2 is 1.76 bits per heavy atom. The zero-order valence-corrected chi connectivity index (χ0v) is 22.8. The van der Waals surface area contributed by atoms with E-state index < -0.39 is 0 Å². The van der Waals surface area contributed by atoms with Crippen LogP contribution >= 0.6 is 11.6 Å². The summed E-state index contributed by atoms with van der Waals surface area (Å²) >= 11 is 5.91. The molecule has 0 aliphatic rings. The minimum absolute atomic E-state index is 0.129. The Morgan fingerprint density at radius 1 is 1.08 bits per heavy atom. The Kier molecular flexibility index (Phi) is 9.72. The highest BCUT2D eigenvalue weighted by atomic mass is 35.5. The molecule has 0 unspecified atom stereocenters. The molecule has 198 valence electrons. The molecular formula is C28H35ClN4O4. The fourth-order valence-electron chi connectivity index (χ4n) is 3.53. The molecule has 1 heterocycles. The van der Waals surface area contributed by atoms with Gasteiger partial charge in [-0.25, -0.2) is 4.68 Å². The minimum Gasteiger partial charge on any atom is -0.484 e. The van der Waals surface area contributed by atoms with Crippen molar-refractivity contribution in [1.82, 2.24) is 14.7 Å². The zero-order chi connectivity index (χ0) is 27.0. The number of carbonyl (C=O) groups excluding carboxylic acids is 2. The summed E-state index contributed by atoms with van der Waals surface area (Å²) in [6.45, 7) is 8.72. The van der Waals surface area contributed by atoms with Crippen molar-refractivity contribution >= 4 is 29.2 Å². The molecular weight excluding hydrogens is 492 g/mol. The average molecular weight is 527 g/mol. The van der Waals surface area contributed by atoms with E-state index in [1.165, 1.54) is 4.90 Å². The third-order valence-electron chi connectivity index (χ3n) is 5.66. The number of methoxy groups -OCH3 is 1. The topological polar surface area (TPSA) is 85.7 Å². The van der Waals surface area contributed by atoms with Gasteiger partial charge >= 0.3 is 0 Å². The minimum atomic E-state index is -0.328. The van der Waals surface area contributed by atoms with Crippen LogP contribution in [0.15, 0.2) is 54.6 Å². The largest absolute Gasteiger partial charge is 0.484 e. The first-order valence-corrected chi connectivity index (χ1v) is 12.6. The quantitative estimate of drug-likeness (QED) is 0.355. The van der Waals surface area contributed by atoms with Gasteiger partial charge in [-0.1, -0.05) is 50.1 Å². The number of halogens is 1. The molecule has 0 radical (unpaired) electrons. The lowest BCUT2D eigenvalue weighted by Crippen LogP contribution is -2.41. The van der Waals surface area contributed by atoms with E-state index in [1.54, 1.807) is 36.1 Å². The normalized spacial score (nSPS) is 11.3. The number of hydrogen-bond donors (Lipinski definition) is 1. The predicted octanol–water partition coefficient (Wildman–Crippen LogP) is 5.01. The van der Waals surface area contributed by atoms with Crippen LogP contribution in [-0.4, -0.2) is 59.9 Å². The molecule has 3 aromatic rings. The van der Waals surface area contributed by atoms with Crippen LogP contribution in [0.25, 0.3) is 5.69 Å². The van der Waals surface area contributed by atoms with Crippen molar-refractivity contribution in [2.45, 2.75) is 39.5 Å². The fourth-order valence-corrected chi connectivity index (χ4v) is 3.66. The van der Waals surface area contributed by atoms with Gasteiger partial charge in [-0.05, 0) is 49.7 Å². The molecule has 2 amide bonds. The number of ether oxygens (including phenoxy) is 2. The molecule has 0 atom stereocenters. The Hall–Kier alpha value is -3.36. The lowest BCUT2D eigenvalue weighted by molar-refractivity contribution is -0.136. The van der Waals surface area contributed by atoms with Gasteiger partial charge in [-0.3, -0.25) is 9.59 Å². The summed E-state index contributed by atoms with van der Waals surface area (Å²) in [6.07, 6.45) is 0.589. The SMILES string of the molecule is COCCCN(CC(=O)Nc1cc(C(C)(C)C)nn1-c1ccc(C)cc1)C(=O)COc1ccc(Cl)cc1. The van der Waals surface area contributed by atoms with Crippen LogP contribution in [0.5, 0.6) is 5.75 Å². The van der Waals surface area contributed by atoms with E-state index in [-0.39, 0.29) is 30.4 Å². The van der Waals surface area contributed by atoms with E-state index in [0.717, 1.165) is 16.9 Å². The van der Waals surface area contributed by atoms with Gasteiger partial charge in [0.2, 0.25) is 5.91 Å². The Bertz CT molecular complexity index is 1180. The fraction of sp³-hybridized carbons (Fsp3) is 0.393. The summed E-state index contributed by atoms with van der Waals surface area (Å²) in [6, 6.07) is 16.5. The summed E-state index contributed by atoms with van der Waals surface area (Å²) in [5, 5.41) is 8.29. The highest BCUT2D eigenvalue weighted by molar-refractivity contribution is 6.30. The molecule has 2 aromatic carbocycles. The van der Waals surface area contributed by atoms with Crippen LogP contribution < -0.4 is 10.1 Å². The molecule has 0 aliphatic carbocycles. The second-order valence-electron chi connectivity index (χ2n) is 9.86. The maximum Gasteiger partial charge on any atom is 0.260 e. The Labute approximate surface area is 223 Å². The van der Waals surface area contributed by atoms with Crippen LogP contribution in [0.2, 0.25) is 5.02 Å². The summed E-state index contributed by atoms with van der Waals surface area (Å²) in [5.74, 6) is 0.436. The number of nitrogens with zero attached hydrogens (tertiary/aromatic N) is 3. The average Bonchev–Trinajstić information content (AvgIpc) is 3.27. The number of anilines is 1. The highest BCUT2D eigenvalue weighted by Gasteiger charge is 2.23. The summed E-state index contributed by atoms with van der Waals surface area (Å²) < 4.78 is 12.5. The number of nitrogens with one attached hydrogen (secondary N) is 1. The van der Waals surface area contributed by atoms with Crippen LogP contribution in [-0.2, 0) is 19.7 Å². The van der Waals surface area contributed by atoms with Gasteiger partial charge < -0.3 is 19.7 Å². The number of aryl methyl sites for hydroxylation is 1. The molecule has 3 rings (SSSR count). The van der Waals surface area contributed by atoms with E-state index in [4.69, 9.17) is 26.2 Å². The van der Waals surface area contributed by atoms with Crippen molar-refractivity contribution in [2.24, 2.45) is 0 Å². The summed E-state index contributed by atoms with van der Waals surface area (Å²) in [4.78, 5) is 27.6. The molecule has 37 heavy (non-hydrogen) atoms. The number of carbonyl (C=O) groups is 2. The maximum atomic E-state index is 13.1. The molecule has 1 aromatic heterocycles. The van der Waals surface area contributed by atoms with E-state index in [1.807, 2.05) is 37.3 Å². The van der Waals surface area contributed by atoms with E-state index in [9.17, 15) is 9.59 Å². The predicted molar refractivity (Wildman–Crippen MR) is 146 cm³/mol. The molecule has 0 saturated heterocycles. The molecule has 9 heteroatoms. The van der Waals surface area contributed by atoms with Crippen molar-refractivity contribution in [1.29, 1.82) is 0 Å². The van der Waals surface area contributed by atoms with Crippen LogP contribution in [0.1, 0.15) is 38.4 Å². The monoisotopic (exact) mass is 526 g/mol. The van der Waals surface area contributed by atoms with Gasteiger partial charge in [0.1, 0.15) is 18.1 Å². The smallest absolute Gasteiger partial charge is 0.260 e. The lowest BCUT2D eigenvalue weighted by Gasteiger charge is -2.22. The number of benzene rings is 2. The summed E-state index contributed by atoms with van der Waals surface area (Å²) in [7, 11) is 1.60. The van der Waals surface area contributed by atoms with E-state index in [2.05, 4.69) is 26.1 Å². The van der Waals surface area contributed by atoms with Gasteiger partial charge in [-0.2, -0.15) is 5.10 Å².